The molecule has 1 aliphatic carbocycles. The van der Waals surface area contributed by atoms with Crippen molar-refractivity contribution >= 4 is 41.1 Å². The number of alkyl halides is 3. The number of benzene rings is 1. The number of carbonyl (C=O) groups is 4. The van der Waals surface area contributed by atoms with Crippen LogP contribution in [0.5, 0.6) is 0 Å². The minimum atomic E-state index is -4.71. The molecule has 0 radical (unpaired) electrons. The van der Waals surface area contributed by atoms with Gasteiger partial charge in [-0.05, 0) is 48.8 Å². The summed E-state index contributed by atoms with van der Waals surface area (Å²) < 4.78 is 43.6. The Labute approximate surface area is 199 Å². The number of hydrogen-bond acceptors (Lipinski definition) is 5. The zero-order valence-corrected chi connectivity index (χ0v) is 19.6. The van der Waals surface area contributed by atoms with Gasteiger partial charge in [0, 0.05) is 5.69 Å². The molecule has 34 heavy (non-hydrogen) atoms. The maximum atomic E-state index is 13.0. The second-order valence-corrected chi connectivity index (χ2v) is 10.1. The van der Waals surface area contributed by atoms with Crippen LogP contribution < -0.4 is 10.6 Å². The van der Waals surface area contributed by atoms with Crippen LogP contribution in [0.1, 0.15) is 45.6 Å². The largest absolute Gasteiger partial charge is 0.454 e. The van der Waals surface area contributed by atoms with E-state index in [0.717, 1.165) is 23.5 Å². The summed E-state index contributed by atoms with van der Waals surface area (Å²) in [5.74, 6) is -2.24. The van der Waals surface area contributed by atoms with Gasteiger partial charge in [-0.2, -0.15) is 13.2 Å². The maximum absolute atomic E-state index is 13.0. The van der Waals surface area contributed by atoms with Gasteiger partial charge in [0.05, 0.1) is 10.6 Å². The fourth-order valence-electron chi connectivity index (χ4n) is 4.99. The van der Waals surface area contributed by atoms with Gasteiger partial charge in [-0.15, -0.1) is 0 Å². The number of halogens is 4. The Morgan fingerprint density at radius 1 is 1.26 bits per heavy atom. The first kappa shape index (κ1) is 25.8. The molecular formula is C22H25ClF3N3O5. The average molecular weight is 504 g/mol. The average Bonchev–Trinajstić information content (AvgIpc) is 2.88. The van der Waals surface area contributed by atoms with Crippen molar-refractivity contribution in [2.24, 2.45) is 11.3 Å². The molecule has 1 saturated carbocycles. The number of nitrogens with zero attached hydrogens (tertiary/aromatic N) is 1. The van der Waals surface area contributed by atoms with Crippen LogP contribution in [0, 0.1) is 11.3 Å². The molecule has 2 N–H and O–H groups in total. The first-order chi connectivity index (χ1) is 15.6. The van der Waals surface area contributed by atoms with Crippen LogP contribution in [0.15, 0.2) is 18.2 Å². The molecule has 186 valence electrons. The van der Waals surface area contributed by atoms with E-state index in [1.807, 2.05) is 20.8 Å². The summed E-state index contributed by atoms with van der Waals surface area (Å²) in [6.45, 7) is 4.51. The summed E-state index contributed by atoms with van der Waals surface area (Å²) in [6, 6.07) is 2.09. The van der Waals surface area contributed by atoms with Crippen molar-refractivity contribution in [2.75, 3.05) is 18.5 Å². The molecule has 1 aromatic rings. The highest BCUT2D eigenvalue weighted by Gasteiger charge is 2.56. The van der Waals surface area contributed by atoms with Gasteiger partial charge in [-0.1, -0.05) is 32.4 Å². The highest BCUT2D eigenvalue weighted by atomic mass is 35.5. The molecule has 2 fully saturated rings. The summed E-state index contributed by atoms with van der Waals surface area (Å²) in [6.07, 6.45) is -2.93. The second-order valence-electron chi connectivity index (χ2n) is 9.66. The first-order valence-electron chi connectivity index (χ1n) is 10.6. The van der Waals surface area contributed by atoms with Crippen molar-refractivity contribution < 1.29 is 37.1 Å². The number of hydrogen-bond donors (Lipinski definition) is 2. The quantitative estimate of drug-likeness (QED) is 0.467. The summed E-state index contributed by atoms with van der Waals surface area (Å²) in [5, 5.41) is 4.37. The summed E-state index contributed by atoms with van der Waals surface area (Å²) in [7, 11) is 0. The SMILES string of the molecule is C[C@@H]1CC(C)(C)C[C@]2(C1)NC(=O)N(CC(=O)OCC(=O)Nc1ccc(Cl)c(C(F)(F)F)c1)C2=O. The predicted octanol–water partition coefficient (Wildman–Crippen LogP) is 3.98. The smallest absolute Gasteiger partial charge is 0.417 e. The molecule has 2 atom stereocenters. The van der Waals surface area contributed by atoms with Gasteiger partial charge in [-0.25, -0.2) is 4.79 Å². The number of imide groups is 1. The van der Waals surface area contributed by atoms with Gasteiger partial charge in [0.1, 0.15) is 12.1 Å². The van der Waals surface area contributed by atoms with E-state index >= 15 is 0 Å². The van der Waals surface area contributed by atoms with E-state index < -0.39 is 59.3 Å². The summed E-state index contributed by atoms with van der Waals surface area (Å²) in [4.78, 5) is 50.5. The van der Waals surface area contributed by atoms with E-state index in [0.29, 0.717) is 18.9 Å². The molecule has 1 spiro atoms. The third kappa shape index (κ3) is 5.63. The van der Waals surface area contributed by atoms with Crippen molar-refractivity contribution in [1.82, 2.24) is 10.2 Å². The number of nitrogens with one attached hydrogen (secondary N) is 2. The zero-order valence-electron chi connectivity index (χ0n) is 18.8. The molecule has 0 unspecified atom stereocenters. The Kier molecular flexibility index (Phi) is 6.89. The van der Waals surface area contributed by atoms with E-state index in [9.17, 15) is 32.3 Å². The van der Waals surface area contributed by atoms with Crippen molar-refractivity contribution in [3.63, 3.8) is 0 Å². The van der Waals surface area contributed by atoms with E-state index in [-0.39, 0.29) is 17.0 Å². The lowest BCUT2D eigenvalue weighted by molar-refractivity contribution is -0.150. The van der Waals surface area contributed by atoms with Crippen LogP contribution in [0.4, 0.5) is 23.7 Å². The van der Waals surface area contributed by atoms with Gasteiger partial charge in [-0.3, -0.25) is 19.3 Å². The van der Waals surface area contributed by atoms with Gasteiger partial charge < -0.3 is 15.4 Å². The Balaban J connectivity index is 1.57. The molecule has 2 aliphatic rings. The fourth-order valence-corrected chi connectivity index (χ4v) is 5.21. The van der Waals surface area contributed by atoms with Crippen molar-refractivity contribution in [1.29, 1.82) is 0 Å². The molecule has 0 aromatic heterocycles. The molecule has 0 bridgehead atoms. The number of amides is 4. The van der Waals surface area contributed by atoms with E-state index in [1.165, 1.54) is 0 Å². The third-order valence-electron chi connectivity index (χ3n) is 5.83. The van der Waals surface area contributed by atoms with Gasteiger partial charge in [0.2, 0.25) is 0 Å². The van der Waals surface area contributed by atoms with E-state index in [4.69, 9.17) is 16.3 Å². The van der Waals surface area contributed by atoms with Gasteiger partial charge in [0.15, 0.2) is 6.61 Å². The fraction of sp³-hybridized carbons (Fsp3) is 0.545. The monoisotopic (exact) mass is 503 g/mol. The number of anilines is 1. The molecule has 1 heterocycles. The molecule has 4 amide bonds. The topological polar surface area (TPSA) is 105 Å². The summed E-state index contributed by atoms with van der Waals surface area (Å²) in [5.41, 5.74) is -2.58. The lowest BCUT2D eigenvalue weighted by atomic mass is 9.64. The molecule has 1 aliphatic heterocycles. The van der Waals surface area contributed by atoms with Crippen LogP contribution in [0.25, 0.3) is 0 Å². The molecule has 12 heteroatoms. The highest BCUT2D eigenvalue weighted by molar-refractivity contribution is 6.31. The molecule has 1 aromatic carbocycles. The lowest BCUT2D eigenvalue weighted by Gasteiger charge is -2.43. The van der Waals surface area contributed by atoms with Crippen LogP contribution in [0.2, 0.25) is 5.02 Å². The number of urea groups is 1. The second kappa shape index (κ2) is 9.09. The standard InChI is InChI=1S/C22H25ClF3N3O5/c1-12-7-20(2,3)11-21(8-12)18(32)29(19(33)28-21)9-17(31)34-10-16(30)27-13-4-5-15(23)14(6-13)22(24,25)26/h4-6,12H,7-11H2,1-3H3,(H,27,30)(H,28,33)/t12-,21+/m1/s1. The number of esters is 1. The van der Waals surface area contributed by atoms with Crippen LogP contribution in [0.3, 0.4) is 0 Å². The van der Waals surface area contributed by atoms with Crippen LogP contribution >= 0.6 is 11.6 Å². The normalized spacial score (nSPS) is 24.2. The van der Waals surface area contributed by atoms with Gasteiger partial charge in [0.25, 0.3) is 11.8 Å². The Morgan fingerprint density at radius 2 is 1.94 bits per heavy atom. The zero-order chi connectivity index (χ0) is 25.5. The molecule has 3 rings (SSSR count). The number of rotatable bonds is 5. The maximum Gasteiger partial charge on any atom is 0.417 e. The Morgan fingerprint density at radius 3 is 2.56 bits per heavy atom. The van der Waals surface area contributed by atoms with Crippen molar-refractivity contribution in [3.05, 3.63) is 28.8 Å². The van der Waals surface area contributed by atoms with Crippen molar-refractivity contribution in [3.8, 4) is 0 Å². The predicted molar refractivity (Wildman–Crippen MR) is 116 cm³/mol. The number of carbonyl (C=O) groups excluding carboxylic acids is 4. The lowest BCUT2D eigenvalue weighted by Crippen LogP contribution is -2.54. The minimum Gasteiger partial charge on any atom is -0.454 e. The van der Waals surface area contributed by atoms with Crippen molar-refractivity contribution in [2.45, 2.75) is 51.7 Å². The van der Waals surface area contributed by atoms with E-state index in [2.05, 4.69) is 10.6 Å². The Hall–Kier alpha value is -2.82. The molecular weight excluding hydrogens is 479 g/mol. The van der Waals surface area contributed by atoms with Gasteiger partial charge >= 0.3 is 18.2 Å². The third-order valence-corrected chi connectivity index (χ3v) is 6.16. The van der Waals surface area contributed by atoms with Crippen LogP contribution in [-0.4, -0.2) is 47.4 Å². The molecule has 8 nitrogen and oxygen atoms in total. The highest BCUT2D eigenvalue weighted by Crippen LogP contribution is 2.46. The first-order valence-corrected chi connectivity index (χ1v) is 11.0. The van der Waals surface area contributed by atoms with Crippen LogP contribution in [-0.2, 0) is 25.3 Å². The number of ether oxygens (including phenoxy) is 1. The molecule has 1 saturated heterocycles. The summed E-state index contributed by atoms with van der Waals surface area (Å²) >= 11 is 5.54. The Bertz CT molecular complexity index is 1030. The van der Waals surface area contributed by atoms with E-state index in [1.54, 1.807) is 0 Å². The minimum absolute atomic E-state index is 0.178.